The lowest BCUT2D eigenvalue weighted by Crippen LogP contribution is -2.13. The second-order valence-electron chi connectivity index (χ2n) is 1.33. The van der Waals surface area contributed by atoms with Crippen LogP contribution < -0.4 is 5.14 Å². The SMILES string of the molecule is CC.CCS(N)(=O)=O.O=S(=O)(Cl)Cl. The zero-order chi connectivity index (χ0) is 11.7. The zero-order valence-corrected chi connectivity index (χ0v) is 10.6. The molecule has 0 aliphatic rings. The molecule has 0 aromatic rings. The Bertz CT molecular complexity index is 275. The van der Waals surface area contributed by atoms with Crippen LogP contribution in [-0.4, -0.2) is 22.6 Å². The second-order valence-corrected chi connectivity index (χ2v) is 6.90. The summed E-state index contributed by atoms with van der Waals surface area (Å²) in [5.74, 6) is 0.0208. The number of hydrogen-bond donors (Lipinski definition) is 1. The number of rotatable bonds is 1. The van der Waals surface area contributed by atoms with Gasteiger partial charge in [-0.15, -0.1) is 0 Å². The summed E-state index contributed by atoms with van der Waals surface area (Å²) in [6.07, 6.45) is 0. The lowest BCUT2D eigenvalue weighted by Gasteiger charge is -1.81. The highest BCUT2D eigenvalue weighted by Crippen LogP contribution is 1.98. The molecule has 0 saturated carbocycles. The van der Waals surface area contributed by atoms with Gasteiger partial charge in [-0.05, 0) is 6.92 Å². The molecule has 0 aliphatic heterocycles. The summed E-state index contributed by atoms with van der Waals surface area (Å²) in [4.78, 5) is 0. The number of sulfonamides is 1. The first-order valence-corrected chi connectivity index (χ1v) is 8.06. The maximum atomic E-state index is 9.78. The molecule has 0 saturated heterocycles. The largest absolute Gasteiger partial charge is 0.317 e. The third kappa shape index (κ3) is 115. The van der Waals surface area contributed by atoms with Gasteiger partial charge in [0, 0.05) is 21.4 Å². The summed E-state index contributed by atoms with van der Waals surface area (Å²) in [7, 11) is 1.65. The molecule has 0 aromatic carbocycles. The van der Waals surface area contributed by atoms with Crippen molar-refractivity contribution in [3.63, 3.8) is 0 Å². The van der Waals surface area contributed by atoms with E-state index < -0.39 is 18.3 Å². The second kappa shape index (κ2) is 9.01. The fourth-order valence-corrected chi connectivity index (χ4v) is 0. The van der Waals surface area contributed by atoms with Crippen molar-refractivity contribution in [2.45, 2.75) is 20.8 Å². The molecule has 0 unspecified atom stereocenters. The van der Waals surface area contributed by atoms with Crippen LogP contribution in [0, 0.1) is 0 Å². The van der Waals surface area contributed by atoms with Gasteiger partial charge in [0.05, 0.1) is 5.75 Å². The van der Waals surface area contributed by atoms with Crippen LogP contribution in [-0.2, 0) is 18.3 Å². The quantitative estimate of drug-likeness (QED) is 0.722. The molecular weight excluding hydrogens is 261 g/mol. The number of nitrogens with two attached hydrogens (primary N) is 1. The first-order valence-electron chi connectivity index (χ1n) is 3.21. The molecule has 0 aromatic heterocycles. The Kier molecular flexibility index (Phi) is 13.2. The molecule has 0 heterocycles. The summed E-state index contributed by atoms with van der Waals surface area (Å²) in [6, 6.07) is 0. The van der Waals surface area contributed by atoms with E-state index >= 15 is 0 Å². The lowest BCUT2D eigenvalue weighted by molar-refractivity contribution is 0.599. The van der Waals surface area contributed by atoms with E-state index in [1.165, 1.54) is 6.92 Å². The summed E-state index contributed by atoms with van der Waals surface area (Å²) in [5.41, 5.74) is 0. The molecule has 0 atom stereocenters. The van der Waals surface area contributed by atoms with Crippen molar-refractivity contribution in [1.82, 2.24) is 0 Å². The maximum absolute atomic E-state index is 9.78. The molecule has 13 heavy (non-hydrogen) atoms. The van der Waals surface area contributed by atoms with E-state index in [1.807, 2.05) is 13.8 Å². The summed E-state index contributed by atoms with van der Waals surface area (Å²) >= 11 is 0. The van der Waals surface area contributed by atoms with Gasteiger partial charge in [0.25, 0.3) is 0 Å². The number of primary sulfonamides is 1. The van der Waals surface area contributed by atoms with E-state index in [2.05, 4.69) is 26.5 Å². The van der Waals surface area contributed by atoms with E-state index in [1.54, 1.807) is 0 Å². The number of halogens is 2. The highest BCUT2D eigenvalue weighted by molar-refractivity contribution is 8.31. The maximum Gasteiger partial charge on any atom is 0.317 e. The molecule has 0 aliphatic carbocycles. The predicted molar refractivity (Wildman–Crippen MR) is 55.6 cm³/mol. The Morgan fingerprint density at radius 3 is 1.15 bits per heavy atom. The Morgan fingerprint density at radius 2 is 1.15 bits per heavy atom. The van der Waals surface area contributed by atoms with Crippen LogP contribution in [0.5, 0.6) is 0 Å². The van der Waals surface area contributed by atoms with Crippen molar-refractivity contribution in [3.8, 4) is 0 Å². The molecule has 2 N–H and O–H groups in total. The van der Waals surface area contributed by atoms with Crippen LogP contribution in [0.2, 0.25) is 0 Å². The van der Waals surface area contributed by atoms with Crippen LogP contribution in [0.4, 0.5) is 0 Å². The van der Waals surface area contributed by atoms with Gasteiger partial charge in [0.2, 0.25) is 10.0 Å². The van der Waals surface area contributed by atoms with Gasteiger partial charge in [-0.2, -0.15) is 8.42 Å². The molecule has 0 amide bonds. The molecule has 84 valence electrons. The minimum Gasteiger partial charge on any atom is -0.229 e. The van der Waals surface area contributed by atoms with Gasteiger partial charge < -0.3 is 0 Å². The molecular formula is C4H13Cl2NO4S2. The molecule has 0 spiro atoms. The Morgan fingerprint density at radius 1 is 1.08 bits per heavy atom. The minimum absolute atomic E-state index is 0.0208. The van der Waals surface area contributed by atoms with Gasteiger partial charge in [0.15, 0.2) is 0 Å². The van der Waals surface area contributed by atoms with Crippen molar-refractivity contribution in [2.75, 3.05) is 5.75 Å². The van der Waals surface area contributed by atoms with Crippen LogP contribution >= 0.6 is 21.4 Å². The van der Waals surface area contributed by atoms with Crippen molar-refractivity contribution >= 4 is 39.7 Å². The molecule has 0 radical (unpaired) electrons. The Labute approximate surface area is 88.2 Å². The highest BCUT2D eigenvalue weighted by Gasteiger charge is 1.91. The van der Waals surface area contributed by atoms with E-state index in [0.29, 0.717) is 0 Å². The first-order chi connectivity index (χ1) is 5.56. The smallest absolute Gasteiger partial charge is 0.229 e. The molecule has 0 bridgehead atoms. The topological polar surface area (TPSA) is 94.3 Å². The van der Waals surface area contributed by atoms with Crippen molar-refractivity contribution in [2.24, 2.45) is 5.14 Å². The van der Waals surface area contributed by atoms with E-state index in [0.717, 1.165) is 0 Å². The van der Waals surface area contributed by atoms with Crippen LogP contribution in [0.1, 0.15) is 20.8 Å². The minimum atomic E-state index is -3.72. The highest BCUT2D eigenvalue weighted by atomic mass is 36.0. The van der Waals surface area contributed by atoms with Gasteiger partial charge in [-0.3, -0.25) is 0 Å². The Balaban J connectivity index is -0.000000131. The van der Waals surface area contributed by atoms with Gasteiger partial charge >= 0.3 is 8.26 Å². The first kappa shape index (κ1) is 19.1. The van der Waals surface area contributed by atoms with Crippen molar-refractivity contribution in [1.29, 1.82) is 0 Å². The Hall–Kier alpha value is 0.440. The summed E-state index contributed by atoms with van der Waals surface area (Å²) in [5, 5.41) is 4.51. The van der Waals surface area contributed by atoms with Gasteiger partial charge in [-0.25, -0.2) is 13.6 Å². The van der Waals surface area contributed by atoms with Crippen molar-refractivity contribution < 1.29 is 16.8 Å². The fraction of sp³-hybridized carbons (Fsp3) is 1.00. The normalized spacial score (nSPS) is 10.3. The lowest BCUT2D eigenvalue weighted by atomic mass is 11.0. The third-order valence-electron chi connectivity index (χ3n) is 0.402. The van der Waals surface area contributed by atoms with Crippen molar-refractivity contribution in [3.05, 3.63) is 0 Å². The zero-order valence-electron chi connectivity index (χ0n) is 7.49. The van der Waals surface area contributed by atoms with Gasteiger partial charge in [-0.1, -0.05) is 13.8 Å². The molecule has 9 heteroatoms. The third-order valence-corrected chi connectivity index (χ3v) is 1.21. The van der Waals surface area contributed by atoms with E-state index in [9.17, 15) is 8.42 Å². The average molecular weight is 274 g/mol. The standard InChI is InChI=1S/C2H7NO2S.C2H6.Cl2O2S/c1-2-6(3,4)5;1-2;1-5(2,3)4/h2H2,1H3,(H2,3,4,5);1-2H3;. The average Bonchev–Trinajstić information content (AvgIpc) is 1.87. The van der Waals surface area contributed by atoms with E-state index in [4.69, 9.17) is 8.42 Å². The van der Waals surface area contributed by atoms with Crippen LogP contribution in [0.15, 0.2) is 0 Å². The fourth-order valence-electron chi connectivity index (χ4n) is 0. The molecule has 5 nitrogen and oxygen atoms in total. The summed E-state index contributed by atoms with van der Waals surface area (Å²) < 4.78 is 37.9. The number of hydrogen-bond acceptors (Lipinski definition) is 4. The predicted octanol–water partition coefficient (Wildman–Crippen LogP) is 1.03. The molecule has 0 rings (SSSR count). The summed E-state index contributed by atoms with van der Waals surface area (Å²) in [6.45, 7) is 5.50. The van der Waals surface area contributed by atoms with Crippen LogP contribution in [0.3, 0.4) is 0 Å². The van der Waals surface area contributed by atoms with Gasteiger partial charge in [0.1, 0.15) is 0 Å². The van der Waals surface area contributed by atoms with Crippen LogP contribution in [0.25, 0.3) is 0 Å². The molecule has 0 fully saturated rings. The van der Waals surface area contributed by atoms with E-state index in [-0.39, 0.29) is 5.75 Å². The monoisotopic (exact) mass is 273 g/mol.